The molecule has 4 atom stereocenters. The molecule has 0 aromatic carbocycles. The quantitative estimate of drug-likeness (QED) is 0.0696. The number of cyclic esters (lactones) is 1. The van der Waals surface area contributed by atoms with Gasteiger partial charge in [0.15, 0.2) is 0 Å². The van der Waals surface area contributed by atoms with Crippen LogP contribution in [0.3, 0.4) is 0 Å². The van der Waals surface area contributed by atoms with Crippen LogP contribution >= 0.6 is 0 Å². The molecule has 0 radical (unpaired) electrons. The van der Waals surface area contributed by atoms with Crippen LogP contribution in [0.4, 0.5) is 0 Å². The number of ketones is 1. The molecule has 0 aromatic rings. The third kappa shape index (κ3) is 21.8. The first-order valence-corrected chi connectivity index (χ1v) is 17.5. The van der Waals surface area contributed by atoms with Gasteiger partial charge in [0.05, 0.1) is 18.1 Å². The van der Waals surface area contributed by atoms with E-state index >= 15 is 0 Å². The molecule has 1 fully saturated rings. The molecule has 0 saturated carbocycles. The summed E-state index contributed by atoms with van der Waals surface area (Å²) in [5, 5.41) is 20.5. The standard InChI is InChI=1S/C35H66O5/c1-3-4-5-6-7-8-9-10-11-12-14-18-23-32(37)24-19-15-13-16-20-25-33(38)26-21-17-22-27-34-29-31(28-30(2)36)35(39)40-34/h31-34,37-38H,3-29H2,1-2H3/t31-,32?,33+,34-/m1/s1. The molecule has 1 saturated heterocycles. The summed E-state index contributed by atoms with van der Waals surface area (Å²) in [6.45, 7) is 3.80. The maximum atomic E-state index is 11.8. The lowest BCUT2D eigenvalue weighted by Gasteiger charge is -2.12. The number of ether oxygens (including phenoxy) is 1. The molecule has 0 aliphatic carbocycles. The van der Waals surface area contributed by atoms with Gasteiger partial charge in [-0.2, -0.15) is 0 Å². The molecular weight excluding hydrogens is 500 g/mol. The van der Waals surface area contributed by atoms with E-state index in [-0.39, 0.29) is 36.0 Å². The summed E-state index contributed by atoms with van der Waals surface area (Å²) >= 11 is 0. The predicted octanol–water partition coefficient (Wildman–Crippen LogP) is 9.39. The second-order valence-corrected chi connectivity index (χ2v) is 12.9. The van der Waals surface area contributed by atoms with Crippen LogP contribution in [-0.2, 0) is 14.3 Å². The van der Waals surface area contributed by atoms with Gasteiger partial charge in [0, 0.05) is 6.42 Å². The number of esters is 1. The molecule has 0 amide bonds. The maximum Gasteiger partial charge on any atom is 0.309 e. The van der Waals surface area contributed by atoms with E-state index in [0.717, 1.165) is 64.2 Å². The largest absolute Gasteiger partial charge is 0.462 e. The number of carbonyl (C=O) groups is 2. The lowest BCUT2D eigenvalue weighted by atomic mass is 9.96. The van der Waals surface area contributed by atoms with Crippen LogP contribution in [0.2, 0.25) is 0 Å². The Kier molecular flexibility index (Phi) is 23.9. The highest BCUT2D eigenvalue weighted by atomic mass is 16.5. The highest BCUT2D eigenvalue weighted by Crippen LogP contribution is 2.28. The Bertz CT molecular complexity index is 607. The second kappa shape index (κ2) is 25.7. The van der Waals surface area contributed by atoms with Crippen molar-refractivity contribution in [3.63, 3.8) is 0 Å². The molecule has 5 heteroatoms. The Balaban J connectivity index is 1.81. The van der Waals surface area contributed by atoms with Crippen molar-refractivity contribution in [2.45, 2.75) is 206 Å². The summed E-state index contributed by atoms with van der Waals surface area (Å²) in [5.41, 5.74) is 0. The van der Waals surface area contributed by atoms with Crippen molar-refractivity contribution >= 4 is 11.8 Å². The first kappa shape index (κ1) is 37.1. The molecule has 5 nitrogen and oxygen atoms in total. The fraction of sp³-hybridized carbons (Fsp3) is 0.943. The van der Waals surface area contributed by atoms with Crippen molar-refractivity contribution in [2.24, 2.45) is 5.92 Å². The zero-order valence-electron chi connectivity index (χ0n) is 26.5. The van der Waals surface area contributed by atoms with E-state index < -0.39 is 0 Å². The summed E-state index contributed by atoms with van der Waals surface area (Å²) in [6.07, 6.45) is 30.3. The first-order chi connectivity index (χ1) is 19.4. The molecule has 0 bridgehead atoms. The van der Waals surface area contributed by atoms with E-state index in [2.05, 4.69) is 6.92 Å². The van der Waals surface area contributed by atoms with Gasteiger partial charge in [0.1, 0.15) is 11.9 Å². The van der Waals surface area contributed by atoms with Crippen molar-refractivity contribution < 1.29 is 24.5 Å². The van der Waals surface area contributed by atoms with E-state index in [0.29, 0.717) is 12.8 Å². The van der Waals surface area contributed by atoms with Crippen LogP contribution in [0.1, 0.15) is 187 Å². The molecule has 0 aromatic heterocycles. The second-order valence-electron chi connectivity index (χ2n) is 12.9. The van der Waals surface area contributed by atoms with E-state index in [9.17, 15) is 19.8 Å². The SMILES string of the molecule is CCCCCCCCCCCCCCC(O)CCCCCCC[C@H](O)CCCCC[C@@H]1C[C@@H](CC(C)=O)C(=O)O1. The van der Waals surface area contributed by atoms with Gasteiger partial charge in [-0.1, -0.05) is 129 Å². The van der Waals surface area contributed by atoms with Crippen LogP contribution in [0, 0.1) is 5.92 Å². The van der Waals surface area contributed by atoms with Crippen molar-refractivity contribution in [3.05, 3.63) is 0 Å². The third-order valence-corrected chi connectivity index (χ3v) is 8.73. The fourth-order valence-electron chi connectivity index (χ4n) is 6.14. The van der Waals surface area contributed by atoms with Gasteiger partial charge in [-0.05, 0) is 51.9 Å². The van der Waals surface area contributed by atoms with E-state index in [1.807, 2.05) is 0 Å². The van der Waals surface area contributed by atoms with Crippen LogP contribution in [0.15, 0.2) is 0 Å². The lowest BCUT2D eigenvalue weighted by molar-refractivity contribution is -0.145. The molecule has 1 aliphatic heterocycles. The topological polar surface area (TPSA) is 83.8 Å². The number of Topliss-reactive ketones (excluding diaryl/α,β-unsaturated/α-hetero) is 1. The smallest absolute Gasteiger partial charge is 0.309 e. The van der Waals surface area contributed by atoms with Crippen molar-refractivity contribution in [3.8, 4) is 0 Å². The van der Waals surface area contributed by atoms with Gasteiger partial charge in [0.2, 0.25) is 0 Å². The summed E-state index contributed by atoms with van der Waals surface area (Å²) in [5.74, 6) is -0.393. The molecule has 40 heavy (non-hydrogen) atoms. The van der Waals surface area contributed by atoms with E-state index in [1.54, 1.807) is 0 Å². The molecule has 0 spiro atoms. The van der Waals surface area contributed by atoms with Crippen LogP contribution in [-0.4, -0.2) is 40.3 Å². The fourth-order valence-corrected chi connectivity index (χ4v) is 6.14. The monoisotopic (exact) mass is 566 g/mol. The van der Waals surface area contributed by atoms with Gasteiger partial charge < -0.3 is 19.7 Å². The zero-order chi connectivity index (χ0) is 29.3. The Labute approximate surface area is 247 Å². The molecular formula is C35H66O5. The Hall–Kier alpha value is -0.940. The predicted molar refractivity (Wildman–Crippen MR) is 166 cm³/mol. The maximum absolute atomic E-state index is 11.8. The van der Waals surface area contributed by atoms with Crippen LogP contribution in [0.5, 0.6) is 0 Å². The van der Waals surface area contributed by atoms with Gasteiger partial charge in [-0.25, -0.2) is 0 Å². The minimum absolute atomic E-state index is 0.0303. The Morgan fingerprint density at radius 3 is 1.45 bits per heavy atom. The van der Waals surface area contributed by atoms with Crippen molar-refractivity contribution in [2.75, 3.05) is 0 Å². The normalized spacial score (nSPS) is 18.6. The van der Waals surface area contributed by atoms with Crippen LogP contribution in [0.25, 0.3) is 0 Å². The molecule has 1 heterocycles. The van der Waals surface area contributed by atoms with Gasteiger partial charge >= 0.3 is 5.97 Å². The highest BCUT2D eigenvalue weighted by Gasteiger charge is 2.34. The van der Waals surface area contributed by atoms with Crippen molar-refractivity contribution in [1.29, 1.82) is 0 Å². The number of rotatable bonds is 29. The minimum Gasteiger partial charge on any atom is -0.462 e. The number of aliphatic hydroxyl groups excluding tert-OH is 2. The Morgan fingerprint density at radius 2 is 1.05 bits per heavy atom. The number of unbranched alkanes of at least 4 members (excludes halogenated alkanes) is 17. The minimum atomic E-state index is -0.238. The van der Waals surface area contributed by atoms with Crippen molar-refractivity contribution in [1.82, 2.24) is 0 Å². The van der Waals surface area contributed by atoms with Gasteiger partial charge in [-0.15, -0.1) is 0 Å². The summed E-state index contributed by atoms with van der Waals surface area (Å²) in [6, 6.07) is 0. The van der Waals surface area contributed by atoms with Gasteiger partial charge in [-0.3, -0.25) is 4.79 Å². The first-order valence-electron chi connectivity index (χ1n) is 17.5. The van der Waals surface area contributed by atoms with Gasteiger partial charge in [0.25, 0.3) is 0 Å². The molecule has 236 valence electrons. The number of carbonyl (C=O) groups excluding carboxylic acids is 2. The average Bonchev–Trinajstić information content (AvgIpc) is 3.26. The van der Waals surface area contributed by atoms with E-state index in [4.69, 9.17) is 4.74 Å². The lowest BCUT2D eigenvalue weighted by Crippen LogP contribution is -2.10. The Morgan fingerprint density at radius 1 is 0.675 bits per heavy atom. The van der Waals surface area contributed by atoms with E-state index in [1.165, 1.54) is 103 Å². The molecule has 1 aliphatic rings. The molecule has 2 N–H and O–H groups in total. The summed E-state index contributed by atoms with van der Waals surface area (Å²) in [7, 11) is 0. The molecule has 1 rings (SSSR count). The number of aliphatic hydroxyl groups is 2. The number of hydrogen-bond donors (Lipinski definition) is 2. The summed E-state index contributed by atoms with van der Waals surface area (Å²) < 4.78 is 5.40. The van der Waals surface area contributed by atoms with Crippen LogP contribution < -0.4 is 0 Å². The molecule has 1 unspecified atom stereocenters. The highest BCUT2D eigenvalue weighted by molar-refractivity contribution is 5.83. The zero-order valence-corrected chi connectivity index (χ0v) is 26.5. The summed E-state index contributed by atoms with van der Waals surface area (Å²) in [4.78, 5) is 23.0. The number of hydrogen-bond acceptors (Lipinski definition) is 5. The average molecular weight is 567 g/mol. The third-order valence-electron chi connectivity index (χ3n) is 8.73.